The largest absolute Gasteiger partial charge is 0.109 e. The van der Waals surface area contributed by atoms with Gasteiger partial charge in [0.15, 0.2) is 0 Å². The molecule has 0 saturated heterocycles. The highest BCUT2D eigenvalue weighted by Crippen LogP contribution is 2.36. The van der Waals surface area contributed by atoms with E-state index in [1.807, 2.05) is 27.7 Å². The highest BCUT2D eigenvalue weighted by molar-refractivity contribution is 7.23. The first-order valence-electron chi connectivity index (χ1n) is 6.09. The molecule has 0 aromatic carbocycles. The van der Waals surface area contributed by atoms with Crippen molar-refractivity contribution < 1.29 is 0 Å². The maximum atomic E-state index is 2.82. The van der Waals surface area contributed by atoms with Gasteiger partial charge in [0.1, 0.15) is 0 Å². The number of rotatable bonds is 1. The van der Waals surface area contributed by atoms with Crippen LogP contribution in [0, 0.1) is 0 Å². The molecule has 2 aliphatic carbocycles. The molecule has 2 aliphatic rings. The molecule has 16 heavy (non-hydrogen) atoms. The molecule has 0 nitrogen and oxygen atoms in total. The van der Waals surface area contributed by atoms with E-state index in [0.29, 0.717) is 0 Å². The Morgan fingerprint density at radius 3 is 1.25 bits per heavy atom. The van der Waals surface area contributed by atoms with Gasteiger partial charge in [0.2, 0.25) is 0 Å². The predicted molar refractivity (Wildman–Crippen MR) is 83.7 cm³/mol. The van der Waals surface area contributed by atoms with Crippen molar-refractivity contribution in [3.63, 3.8) is 0 Å². The molecule has 0 bridgehead atoms. The Labute approximate surface area is 105 Å². The quantitative estimate of drug-likeness (QED) is 0.563. The summed E-state index contributed by atoms with van der Waals surface area (Å²) in [4.78, 5) is 0. The van der Waals surface area contributed by atoms with Gasteiger partial charge in [0.05, 0.1) is 0 Å². The lowest BCUT2D eigenvalue weighted by Gasteiger charge is -2.03. The van der Waals surface area contributed by atoms with Crippen LogP contribution in [0.25, 0.3) is 0 Å². The fourth-order valence-electron chi connectivity index (χ4n) is 1.57. The zero-order valence-electron chi connectivity index (χ0n) is 10.9. The van der Waals surface area contributed by atoms with Crippen molar-refractivity contribution >= 4 is 18.5 Å². The van der Waals surface area contributed by atoms with E-state index in [9.17, 15) is 0 Å². The molecule has 0 saturated carbocycles. The van der Waals surface area contributed by atoms with Crippen LogP contribution in [0.1, 0.15) is 40.5 Å². The van der Waals surface area contributed by atoms with E-state index in [1.165, 1.54) is 21.8 Å². The van der Waals surface area contributed by atoms with Crippen LogP contribution >= 0.6 is 18.5 Å². The second-order valence-corrected chi connectivity index (χ2v) is 4.48. The Hall–Kier alpha value is -0.180. The summed E-state index contributed by atoms with van der Waals surface area (Å²) < 4.78 is 0. The van der Waals surface area contributed by atoms with Crippen molar-refractivity contribution in [3.05, 3.63) is 46.1 Å². The van der Waals surface area contributed by atoms with E-state index >= 15 is 0 Å². The molecule has 2 heteroatoms. The zero-order chi connectivity index (χ0) is 12.6. The van der Waals surface area contributed by atoms with Gasteiger partial charge in [-0.05, 0) is 34.6 Å². The third kappa shape index (κ3) is 4.00. The first kappa shape index (κ1) is 15.8. The maximum Gasteiger partial charge on any atom is -0.00887 e. The third-order valence-electron chi connectivity index (χ3n) is 2.23. The van der Waals surface area contributed by atoms with Gasteiger partial charge in [0.25, 0.3) is 0 Å². The SMILES string of the molecule is CC.CC.PC1=C(C2=C(P)CC=C2)C=CC1. The van der Waals surface area contributed by atoms with Gasteiger partial charge in [-0.15, -0.1) is 18.5 Å². The third-order valence-corrected chi connectivity index (χ3v) is 3.32. The lowest BCUT2D eigenvalue weighted by Crippen LogP contribution is -1.81. The average molecular weight is 254 g/mol. The van der Waals surface area contributed by atoms with E-state index in [1.54, 1.807) is 0 Å². The lowest BCUT2D eigenvalue weighted by atomic mass is 10.1. The molecule has 2 rings (SSSR count). The Morgan fingerprint density at radius 2 is 1.06 bits per heavy atom. The molecule has 0 aromatic heterocycles. The first-order chi connectivity index (χ1) is 7.79. The lowest BCUT2D eigenvalue weighted by molar-refractivity contribution is 1.37. The zero-order valence-corrected chi connectivity index (χ0v) is 13.2. The second kappa shape index (κ2) is 8.91. The fourth-order valence-corrected chi connectivity index (χ4v) is 2.34. The first-order valence-corrected chi connectivity index (χ1v) is 7.25. The summed E-state index contributed by atoms with van der Waals surface area (Å²) in [5.41, 5.74) is 2.80. The molecular formula is C14H24P2. The van der Waals surface area contributed by atoms with E-state index in [-0.39, 0.29) is 0 Å². The molecule has 0 amide bonds. The van der Waals surface area contributed by atoms with Crippen LogP contribution in [0.2, 0.25) is 0 Å². The molecule has 0 spiro atoms. The summed E-state index contributed by atoms with van der Waals surface area (Å²) in [6.07, 6.45) is 11.1. The van der Waals surface area contributed by atoms with Gasteiger partial charge >= 0.3 is 0 Å². The topological polar surface area (TPSA) is 0 Å². The minimum atomic E-state index is 1.09. The smallest absolute Gasteiger partial charge is 0.00887 e. The summed E-state index contributed by atoms with van der Waals surface area (Å²) >= 11 is 0. The fraction of sp³-hybridized carbons (Fsp3) is 0.429. The summed E-state index contributed by atoms with van der Waals surface area (Å²) in [6.45, 7) is 8.00. The molecule has 0 radical (unpaired) electrons. The van der Waals surface area contributed by atoms with Gasteiger partial charge in [0, 0.05) is 0 Å². The molecule has 0 heterocycles. The van der Waals surface area contributed by atoms with Gasteiger partial charge in [-0.2, -0.15) is 0 Å². The monoisotopic (exact) mass is 254 g/mol. The highest BCUT2D eigenvalue weighted by atomic mass is 31.0. The van der Waals surface area contributed by atoms with E-state index in [0.717, 1.165) is 12.8 Å². The number of allylic oxidation sites excluding steroid dienone is 8. The molecule has 0 aliphatic heterocycles. The normalized spacial score (nSPS) is 17.1. The Morgan fingerprint density at radius 1 is 0.750 bits per heavy atom. The standard InChI is InChI=1S/C10H12P2.2C2H6/c11-9-5-1-3-7(9)8-4-2-6-10(8)12;2*1-2/h1-4H,5-6,11-12H2;2*1-2H3. The Balaban J connectivity index is 0.000000509. The molecule has 0 N–H and O–H groups in total. The van der Waals surface area contributed by atoms with Gasteiger partial charge in [-0.25, -0.2) is 0 Å². The minimum absolute atomic E-state index is 1.09. The van der Waals surface area contributed by atoms with Crippen LogP contribution in [0.5, 0.6) is 0 Å². The van der Waals surface area contributed by atoms with Crippen molar-refractivity contribution in [3.8, 4) is 0 Å². The minimum Gasteiger partial charge on any atom is -0.109 e. The Kier molecular flexibility index (Phi) is 8.81. The summed E-state index contributed by atoms with van der Waals surface area (Å²) in [5, 5.41) is 2.83. The van der Waals surface area contributed by atoms with Crippen LogP contribution in [0.3, 0.4) is 0 Å². The van der Waals surface area contributed by atoms with Crippen LogP contribution in [-0.4, -0.2) is 0 Å². The molecule has 2 atom stereocenters. The van der Waals surface area contributed by atoms with Crippen molar-refractivity contribution in [2.45, 2.75) is 40.5 Å². The van der Waals surface area contributed by atoms with Crippen molar-refractivity contribution in [1.82, 2.24) is 0 Å². The van der Waals surface area contributed by atoms with Crippen LogP contribution in [-0.2, 0) is 0 Å². The predicted octanol–water partition coefficient (Wildman–Crippen LogP) is 5.22. The van der Waals surface area contributed by atoms with Gasteiger partial charge in [-0.3, -0.25) is 0 Å². The molecule has 90 valence electrons. The van der Waals surface area contributed by atoms with Crippen molar-refractivity contribution in [2.75, 3.05) is 0 Å². The number of hydrogen-bond acceptors (Lipinski definition) is 0. The Bertz CT molecular complexity index is 297. The van der Waals surface area contributed by atoms with Gasteiger partial charge in [-0.1, -0.05) is 52.0 Å². The molecule has 0 fully saturated rings. The average Bonchev–Trinajstić information content (AvgIpc) is 2.93. The summed E-state index contributed by atoms with van der Waals surface area (Å²) in [6, 6.07) is 0. The molecule has 0 aromatic rings. The summed E-state index contributed by atoms with van der Waals surface area (Å²) in [5.74, 6) is 0. The second-order valence-electron chi connectivity index (χ2n) is 3.09. The van der Waals surface area contributed by atoms with Gasteiger partial charge < -0.3 is 0 Å². The van der Waals surface area contributed by atoms with E-state index < -0.39 is 0 Å². The van der Waals surface area contributed by atoms with E-state index in [2.05, 4.69) is 42.8 Å². The summed E-state index contributed by atoms with van der Waals surface area (Å²) in [7, 11) is 5.64. The molecule has 2 unspecified atom stereocenters. The van der Waals surface area contributed by atoms with Crippen LogP contribution in [0.15, 0.2) is 46.1 Å². The number of hydrogen-bond donors (Lipinski definition) is 0. The van der Waals surface area contributed by atoms with Crippen molar-refractivity contribution in [1.29, 1.82) is 0 Å². The maximum absolute atomic E-state index is 2.82. The van der Waals surface area contributed by atoms with E-state index in [4.69, 9.17) is 0 Å². The van der Waals surface area contributed by atoms with Crippen molar-refractivity contribution in [2.24, 2.45) is 0 Å². The molecular weight excluding hydrogens is 230 g/mol. The highest BCUT2D eigenvalue weighted by Gasteiger charge is 2.12. The van der Waals surface area contributed by atoms with Crippen LogP contribution in [0.4, 0.5) is 0 Å². The van der Waals surface area contributed by atoms with Crippen LogP contribution < -0.4 is 0 Å².